The van der Waals surface area contributed by atoms with Gasteiger partial charge in [0.1, 0.15) is 5.82 Å². The summed E-state index contributed by atoms with van der Waals surface area (Å²) in [4.78, 5) is 21.3. The number of fused-ring (bicyclic) bond motifs is 1. The number of amides is 1. The van der Waals surface area contributed by atoms with Gasteiger partial charge in [-0.25, -0.2) is 4.39 Å². The zero-order valence-electron chi connectivity index (χ0n) is 18.0. The first-order valence-corrected chi connectivity index (χ1v) is 11.0. The first-order valence-electron chi connectivity index (χ1n) is 11.0. The molecule has 0 atom stereocenters. The van der Waals surface area contributed by atoms with Gasteiger partial charge in [-0.1, -0.05) is 24.3 Å². The Kier molecular flexibility index (Phi) is 6.77. The van der Waals surface area contributed by atoms with E-state index in [1.807, 2.05) is 43.3 Å². The van der Waals surface area contributed by atoms with Gasteiger partial charge in [0.15, 0.2) is 0 Å². The van der Waals surface area contributed by atoms with Crippen LogP contribution in [0.25, 0.3) is 10.9 Å². The number of rotatable bonds is 7. The van der Waals surface area contributed by atoms with E-state index in [4.69, 9.17) is 0 Å². The molecule has 1 aromatic heterocycles. The lowest BCUT2D eigenvalue weighted by Gasteiger charge is -2.36. The Labute approximate surface area is 182 Å². The van der Waals surface area contributed by atoms with Gasteiger partial charge in [-0.2, -0.15) is 0 Å². The van der Waals surface area contributed by atoms with Crippen LogP contribution in [-0.4, -0.2) is 48.5 Å². The Morgan fingerprint density at radius 3 is 2.71 bits per heavy atom. The number of hydrogen-bond donors (Lipinski definition) is 1. The lowest BCUT2D eigenvalue weighted by atomic mass is 10.1. The van der Waals surface area contributed by atoms with Crippen LogP contribution >= 0.6 is 0 Å². The summed E-state index contributed by atoms with van der Waals surface area (Å²) in [5.41, 5.74) is 3.78. The van der Waals surface area contributed by atoms with Gasteiger partial charge >= 0.3 is 0 Å². The summed E-state index contributed by atoms with van der Waals surface area (Å²) in [6.45, 7) is 6.75. The van der Waals surface area contributed by atoms with Gasteiger partial charge in [-0.15, -0.1) is 0 Å². The van der Waals surface area contributed by atoms with Gasteiger partial charge in [-0.05, 0) is 56.1 Å². The maximum absolute atomic E-state index is 13.6. The number of halogens is 1. The molecular formula is C25H29FN4O. The number of para-hydroxylation sites is 1. The highest BCUT2D eigenvalue weighted by Crippen LogP contribution is 2.22. The van der Waals surface area contributed by atoms with Gasteiger partial charge in [0.25, 0.3) is 0 Å². The summed E-state index contributed by atoms with van der Waals surface area (Å²) in [6.07, 6.45) is 4.06. The van der Waals surface area contributed by atoms with Crippen molar-refractivity contribution in [2.24, 2.45) is 0 Å². The number of carbonyl (C=O) groups excluding carboxylic acids is 1. The predicted octanol–water partition coefficient (Wildman–Crippen LogP) is 4.61. The summed E-state index contributed by atoms with van der Waals surface area (Å²) in [5.74, 6) is -0.149. The zero-order valence-corrected chi connectivity index (χ0v) is 18.0. The number of nitrogens with one attached hydrogen (secondary N) is 1. The van der Waals surface area contributed by atoms with Gasteiger partial charge in [0.05, 0.1) is 17.4 Å². The molecule has 1 N–H and O–H groups in total. The molecule has 2 heterocycles. The standard InChI is InChI=1S/C25H29FN4O/c1-19-9-10-21(26)17-24(19)30-14-12-29(13-15-30)11-5-4-8-25(31)28-22-16-20-6-2-3-7-23(20)27-18-22/h2-3,6-7,9-10,16-18H,4-5,8,11-15H2,1H3,(H,28,31). The second kappa shape index (κ2) is 9.88. The van der Waals surface area contributed by atoms with E-state index in [2.05, 4.69) is 20.1 Å². The quantitative estimate of drug-likeness (QED) is 0.567. The number of hydrogen-bond acceptors (Lipinski definition) is 4. The molecule has 162 valence electrons. The molecule has 31 heavy (non-hydrogen) atoms. The van der Waals surface area contributed by atoms with Crippen LogP contribution in [0.1, 0.15) is 24.8 Å². The zero-order chi connectivity index (χ0) is 21.6. The van der Waals surface area contributed by atoms with Gasteiger partial charge < -0.3 is 10.2 Å². The number of piperazine rings is 1. The molecule has 6 heteroatoms. The number of anilines is 2. The van der Waals surface area contributed by atoms with Crippen LogP contribution in [0.15, 0.2) is 54.7 Å². The van der Waals surface area contributed by atoms with E-state index < -0.39 is 0 Å². The van der Waals surface area contributed by atoms with Crippen molar-refractivity contribution in [3.05, 3.63) is 66.1 Å². The lowest BCUT2D eigenvalue weighted by Crippen LogP contribution is -2.46. The average molecular weight is 421 g/mol. The molecule has 0 bridgehead atoms. The minimum atomic E-state index is -0.180. The Balaban J connectivity index is 1.16. The Morgan fingerprint density at radius 2 is 1.87 bits per heavy atom. The summed E-state index contributed by atoms with van der Waals surface area (Å²) in [5, 5.41) is 3.98. The smallest absolute Gasteiger partial charge is 0.224 e. The van der Waals surface area contributed by atoms with Crippen LogP contribution in [0.5, 0.6) is 0 Å². The summed E-state index contributed by atoms with van der Waals surface area (Å²) in [7, 11) is 0. The van der Waals surface area contributed by atoms with E-state index in [9.17, 15) is 9.18 Å². The van der Waals surface area contributed by atoms with E-state index in [0.717, 1.165) is 73.4 Å². The molecule has 2 aromatic carbocycles. The van der Waals surface area contributed by atoms with Crippen LogP contribution in [0.4, 0.5) is 15.8 Å². The maximum Gasteiger partial charge on any atom is 0.224 e. The monoisotopic (exact) mass is 420 g/mol. The number of aryl methyl sites for hydroxylation is 1. The van der Waals surface area contributed by atoms with Crippen molar-refractivity contribution in [2.45, 2.75) is 26.2 Å². The molecular weight excluding hydrogens is 391 g/mol. The molecule has 1 fully saturated rings. The minimum absolute atomic E-state index is 0.0310. The number of unbranched alkanes of at least 4 members (excludes halogenated alkanes) is 1. The molecule has 1 aliphatic heterocycles. The largest absolute Gasteiger partial charge is 0.369 e. The number of benzene rings is 2. The van der Waals surface area contributed by atoms with Crippen molar-refractivity contribution in [3.8, 4) is 0 Å². The van der Waals surface area contributed by atoms with E-state index in [0.29, 0.717) is 6.42 Å². The molecule has 0 radical (unpaired) electrons. The van der Waals surface area contributed by atoms with Gasteiger partial charge in [0.2, 0.25) is 5.91 Å². The van der Waals surface area contributed by atoms with Crippen LogP contribution in [0.2, 0.25) is 0 Å². The molecule has 5 nitrogen and oxygen atoms in total. The molecule has 3 aromatic rings. The van der Waals surface area contributed by atoms with E-state index in [-0.39, 0.29) is 11.7 Å². The van der Waals surface area contributed by atoms with Crippen LogP contribution in [0, 0.1) is 12.7 Å². The third kappa shape index (κ3) is 5.58. The number of nitrogens with zero attached hydrogens (tertiary/aromatic N) is 3. The lowest BCUT2D eigenvalue weighted by molar-refractivity contribution is -0.116. The van der Waals surface area contributed by atoms with E-state index in [1.54, 1.807) is 12.3 Å². The summed E-state index contributed by atoms with van der Waals surface area (Å²) in [6, 6.07) is 14.8. The molecule has 1 amide bonds. The first kappa shape index (κ1) is 21.2. The molecule has 0 unspecified atom stereocenters. The van der Waals surface area contributed by atoms with Crippen molar-refractivity contribution < 1.29 is 9.18 Å². The fourth-order valence-electron chi connectivity index (χ4n) is 4.12. The number of pyridine rings is 1. The van der Waals surface area contributed by atoms with E-state index in [1.165, 1.54) is 6.07 Å². The Morgan fingerprint density at radius 1 is 1.06 bits per heavy atom. The van der Waals surface area contributed by atoms with Crippen molar-refractivity contribution in [3.63, 3.8) is 0 Å². The maximum atomic E-state index is 13.6. The van der Waals surface area contributed by atoms with Crippen molar-refractivity contribution in [2.75, 3.05) is 42.9 Å². The Bertz CT molecular complexity index is 1050. The van der Waals surface area contributed by atoms with Crippen LogP contribution in [-0.2, 0) is 4.79 Å². The average Bonchev–Trinajstić information content (AvgIpc) is 2.79. The fourth-order valence-corrected chi connectivity index (χ4v) is 4.12. The Hall–Kier alpha value is -2.99. The molecule has 1 saturated heterocycles. The molecule has 4 rings (SSSR count). The summed E-state index contributed by atoms with van der Waals surface area (Å²) >= 11 is 0. The third-order valence-electron chi connectivity index (χ3n) is 5.89. The predicted molar refractivity (Wildman–Crippen MR) is 124 cm³/mol. The van der Waals surface area contributed by atoms with Gasteiger partial charge in [-0.3, -0.25) is 14.7 Å². The van der Waals surface area contributed by atoms with Crippen molar-refractivity contribution in [1.82, 2.24) is 9.88 Å². The molecule has 0 saturated carbocycles. The normalized spacial score (nSPS) is 14.7. The molecule has 1 aliphatic rings. The highest BCUT2D eigenvalue weighted by atomic mass is 19.1. The number of carbonyl (C=O) groups is 1. The fraction of sp³-hybridized carbons (Fsp3) is 0.360. The van der Waals surface area contributed by atoms with Crippen molar-refractivity contribution >= 4 is 28.2 Å². The summed E-state index contributed by atoms with van der Waals surface area (Å²) < 4.78 is 13.6. The minimum Gasteiger partial charge on any atom is -0.369 e. The van der Waals surface area contributed by atoms with E-state index >= 15 is 0 Å². The van der Waals surface area contributed by atoms with Crippen LogP contribution in [0.3, 0.4) is 0 Å². The third-order valence-corrected chi connectivity index (χ3v) is 5.89. The second-order valence-corrected chi connectivity index (χ2v) is 8.18. The highest BCUT2D eigenvalue weighted by Gasteiger charge is 2.18. The number of aromatic nitrogens is 1. The second-order valence-electron chi connectivity index (χ2n) is 8.18. The SMILES string of the molecule is Cc1ccc(F)cc1N1CCN(CCCCC(=O)Nc2cnc3ccccc3c2)CC1. The van der Waals surface area contributed by atoms with Crippen LogP contribution < -0.4 is 10.2 Å². The van der Waals surface area contributed by atoms with Gasteiger partial charge in [0, 0.05) is 43.7 Å². The first-order chi connectivity index (χ1) is 15.1. The highest BCUT2D eigenvalue weighted by molar-refractivity contribution is 5.93. The van der Waals surface area contributed by atoms with Crippen molar-refractivity contribution in [1.29, 1.82) is 0 Å². The topological polar surface area (TPSA) is 48.5 Å². The molecule has 0 aliphatic carbocycles. The molecule has 0 spiro atoms.